The van der Waals surface area contributed by atoms with Gasteiger partial charge >= 0.3 is 0 Å². The lowest BCUT2D eigenvalue weighted by atomic mass is 10.3. The van der Waals surface area contributed by atoms with Gasteiger partial charge in [0.25, 0.3) is 0 Å². The predicted molar refractivity (Wildman–Crippen MR) is 53.4 cm³/mol. The zero-order valence-electron chi connectivity index (χ0n) is 7.32. The van der Waals surface area contributed by atoms with Crippen LogP contribution in [-0.2, 0) is 33.6 Å². The van der Waals surface area contributed by atoms with Crippen LogP contribution >= 0.6 is 0 Å². The van der Waals surface area contributed by atoms with Gasteiger partial charge in [-0.05, 0) is 12.1 Å². The molecule has 0 bridgehead atoms. The average Bonchev–Trinajstić information content (AvgIpc) is 2.15. The maximum atomic E-state index is 12.7. The fourth-order valence-corrected chi connectivity index (χ4v) is 3.28. The lowest BCUT2D eigenvalue weighted by molar-refractivity contribution is 0.626. The molecule has 1 aromatic carbocycles. The van der Waals surface area contributed by atoms with Crippen LogP contribution < -0.4 is 5.73 Å². The predicted octanol–water partition coefficient (Wildman–Crippen LogP) is 1.25. The van der Waals surface area contributed by atoms with Gasteiger partial charge in [-0.15, -0.1) is 11.7 Å². The maximum Gasteiger partial charge on any atom is 0.234 e. The van der Waals surface area contributed by atoms with Crippen molar-refractivity contribution in [2.24, 2.45) is 0 Å². The fraction of sp³-hybridized carbons (Fsp3) is 0. The number of nitrogen functional groups attached to an aromatic ring is 1. The highest BCUT2D eigenvalue weighted by Gasteiger charge is 2.25. The summed E-state index contributed by atoms with van der Waals surface area (Å²) in [5, 5.41) is 0. The first-order chi connectivity index (χ1) is 7.36. The van der Waals surface area contributed by atoms with Crippen molar-refractivity contribution in [1.29, 1.82) is 0 Å². The monoisotopic (exact) mass is 291 g/mol. The second-order valence-corrected chi connectivity index (χ2v) is 5.08. The first-order valence-corrected chi connectivity index (χ1v) is 6.68. The SMILES string of the molecule is Nc1ccc(S(=O)F)c(S(=O)F)c1S(=O)F. The van der Waals surface area contributed by atoms with Crippen LogP contribution in [0, 0.1) is 0 Å². The second-order valence-electron chi connectivity index (χ2n) is 2.48. The van der Waals surface area contributed by atoms with Crippen LogP contribution in [0.4, 0.5) is 17.3 Å². The molecule has 90 valence electrons. The van der Waals surface area contributed by atoms with E-state index in [9.17, 15) is 24.3 Å². The van der Waals surface area contributed by atoms with Crippen LogP contribution in [0.5, 0.6) is 0 Å². The topological polar surface area (TPSA) is 77.2 Å². The molecule has 0 aliphatic carbocycles. The molecule has 0 aliphatic rings. The summed E-state index contributed by atoms with van der Waals surface area (Å²) in [6.07, 6.45) is 0. The van der Waals surface area contributed by atoms with E-state index in [2.05, 4.69) is 0 Å². The highest BCUT2D eigenvalue weighted by molar-refractivity contribution is 7.84. The van der Waals surface area contributed by atoms with Crippen molar-refractivity contribution >= 4 is 39.2 Å². The average molecular weight is 291 g/mol. The molecule has 3 atom stereocenters. The Kier molecular flexibility index (Phi) is 4.21. The quantitative estimate of drug-likeness (QED) is 0.671. The van der Waals surface area contributed by atoms with Gasteiger partial charge in [-0.25, -0.2) is 12.6 Å². The molecule has 0 fully saturated rings. The van der Waals surface area contributed by atoms with Crippen molar-refractivity contribution in [2.45, 2.75) is 14.7 Å². The molecule has 0 aromatic heterocycles. The van der Waals surface area contributed by atoms with E-state index in [1.807, 2.05) is 0 Å². The lowest BCUT2D eigenvalue weighted by Crippen LogP contribution is -2.04. The highest BCUT2D eigenvalue weighted by Crippen LogP contribution is 2.31. The minimum Gasteiger partial charge on any atom is -0.398 e. The smallest absolute Gasteiger partial charge is 0.234 e. The van der Waals surface area contributed by atoms with Gasteiger partial charge in [-0.2, -0.15) is 0 Å². The molecule has 10 heteroatoms. The van der Waals surface area contributed by atoms with Gasteiger partial charge in [0.15, 0.2) is 0 Å². The van der Waals surface area contributed by atoms with Crippen LogP contribution in [0.15, 0.2) is 26.8 Å². The van der Waals surface area contributed by atoms with Crippen molar-refractivity contribution in [3.63, 3.8) is 0 Å². The Morgan fingerprint density at radius 2 is 1.38 bits per heavy atom. The maximum absolute atomic E-state index is 12.7. The number of halogens is 3. The molecule has 2 N–H and O–H groups in total. The standard InChI is InChI=1S/C6H4F3NO3S3/c7-14(11)4-2-1-3(10)5(15(8)12)6(4)16(9)13/h1-2H,10H2. The van der Waals surface area contributed by atoms with Gasteiger partial charge in [-0.1, -0.05) is 0 Å². The van der Waals surface area contributed by atoms with Crippen molar-refractivity contribution in [3.8, 4) is 0 Å². The van der Waals surface area contributed by atoms with Gasteiger partial charge in [0.1, 0.15) is 9.79 Å². The molecule has 0 saturated heterocycles. The largest absolute Gasteiger partial charge is 0.398 e. The van der Waals surface area contributed by atoms with Crippen LogP contribution in [0.25, 0.3) is 0 Å². The number of hydrogen-bond donors (Lipinski definition) is 1. The van der Waals surface area contributed by atoms with Crippen LogP contribution in [0.2, 0.25) is 0 Å². The molecule has 0 aliphatic heterocycles. The second kappa shape index (κ2) is 5.06. The Labute approximate surface area is 96.3 Å². The zero-order valence-corrected chi connectivity index (χ0v) is 9.76. The summed E-state index contributed by atoms with van der Waals surface area (Å²) in [6, 6.07) is 1.69. The van der Waals surface area contributed by atoms with E-state index in [1.54, 1.807) is 0 Å². The van der Waals surface area contributed by atoms with E-state index < -0.39 is 53.9 Å². The number of hydrogen-bond acceptors (Lipinski definition) is 4. The van der Waals surface area contributed by atoms with Crippen LogP contribution in [0.3, 0.4) is 0 Å². The summed E-state index contributed by atoms with van der Waals surface area (Å²) >= 11 is -9.79. The fourth-order valence-electron chi connectivity index (χ4n) is 1.00. The van der Waals surface area contributed by atoms with E-state index in [-0.39, 0.29) is 0 Å². The minimum atomic E-state index is -3.35. The van der Waals surface area contributed by atoms with Crippen LogP contribution in [-0.4, -0.2) is 12.6 Å². The van der Waals surface area contributed by atoms with Crippen molar-refractivity contribution in [1.82, 2.24) is 0 Å². The highest BCUT2D eigenvalue weighted by atomic mass is 32.2. The van der Waals surface area contributed by atoms with Gasteiger partial charge in [0, 0.05) is 0 Å². The van der Waals surface area contributed by atoms with E-state index in [0.717, 1.165) is 12.1 Å². The van der Waals surface area contributed by atoms with Gasteiger partial charge in [-0.3, -0.25) is 0 Å². The molecule has 0 heterocycles. The molecule has 3 unspecified atom stereocenters. The zero-order chi connectivity index (χ0) is 12.5. The number of rotatable bonds is 3. The van der Waals surface area contributed by atoms with E-state index in [4.69, 9.17) is 5.73 Å². The molecule has 1 aromatic rings. The molecule has 0 radical (unpaired) electrons. The van der Waals surface area contributed by atoms with E-state index in [1.165, 1.54) is 0 Å². The van der Waals surface area contributed by atoms with Crippen molar-refractivity contribution in [2.75, 3.05) is 5.73 Å². The van der Waals surface area contributed by atoms with Crippen molar-refractivity contribution in [3.05, 3.63) is 12.1 Å². The Hall–Kier alpha value is -0.740. The third kappa shape index (κ3) is 2.50. The molecule has 0 spiro atoms. The van der Waals surface area contributed by atoms with Crippen LogP contribution in [0.1, 0.15) is 0 Å². The van der Waals surface area contributed by atoms with Crippen molar-refractivity contribution < 1.29 is 24.3 Å². The Morgan fingerprint density at radius 3 is 1.75 bits per heavy atom. The lowest BCUT2D eigenvalue weighted by Gasteiger charge is -2.06. The first-order valence-electron chi connectivity index (χ1n) is 3.52. The summed E-state index contributed by atoms with van der Waals surface area (Å²) in [4.78, 5) is -2.89. The molecular formula is C6H4F3NO3S3. The van der Waals surface area contributed by atoms with Gasteiger partial charge < -0.3 is 5.73 Å². The van der Waals surface area contributed by atoms with E-state index in [0.29, 0.717) is 0 Å². The molecule has 1 rings (SSSR count). The minimum absolute atomic E-state index is 0.462. The molecule has 16 heavy (non-hydrogen) atoms. The van der Waals surface area contributed by atoms with Gasteiger partial charge in [0.2, 0.25) is 33.6 Å². The number of benzene rings is 1. The normalized spacial score (nSPS) is 16.7. The summed E-state index contributed by atoms with van der Waals surface area (Å²) in [5.41, 5.74) is 4.71. The first kappa shape index (κ1) is 13.3. The Morgan fingerprint density at radius 1 is 0.875 bits per heavy atom. The number of anilines is 1. The molecule has 0 saturated carbocycles. The Bertz CT molecular complexity index is 507. The summed E-state index contributed by atoms with van der Waals surface area (Å²) in [5.74, 6) is 0. The third-order valence-corrected chi connectivity index (χ3v) is 4.05. The van der Waals surface area contributed by atoms with Gasteiger partial charge in [0.05, 0.1) is 10.6 Å². The number of nitrogens with two attached hydrogens (primary N) is 1. The Balaban J connectivity index is 3.70. The molecule has 0 amide bonds. The summed E-state index contributed by atoms with van der Waals surface area (Å²) in [7, 11) is 0. The molecule has 4 nitrogen and oxygen atoms in total. The molecular weight excluding hydrogens is 287 g/mol. The summed E-state index contributed by atoms with van der Waals surface area (Å²) in [6.45, 7) is 0. The van der Waals surface area contributed by atoms with E-state index >= 15 is 0 Å². The summed E-state index contributed by atoms with van der Waals surface area (Å²) < 4.78 is 69.6. The third-order valence-electron chi connectivity index (χ3n) is 1.60.